The molecule has 5 heteroatoms. The second kappa shape index (κ2) is 4.09. The van der Waals surface area contributed by atoms with Gasteiger partial charge in [0, 0.05) is 20.8 Å². The van der Waals surface area contributed by atoms with E-state index in [1.54, 1.807) is 0 Å². The van der Waals surface area contributed by atoms with Crippen LogP contribution in [0.3, 0.4) is 0 Å². The van der Waals surface area contributed by atoms with Gasteiger partial charge in [0.05, 0.1) is 10.9 Å². The first-order chi connectivity index (χ1) is 5.18. The summed E-state index contributed by atoms with van der Waals surface area (Å²) in [6.45, 7) is 0.529. The van der Waals surface area contributed by atoms with Gasteiger partial charge < -0.3 is 5.32 Å². The molecule has 1 aromatic rings. The fourth-order valence-electron chi connectivity index (χ4n) is 0.603. The molecule has 0 aromatic carbocycles. The van der Waals surface area contributed by atoms with Crippen molar-refractivity contribution in [2.24, 2.45) is 0 Å². The largest absolute Gasteiger partial charge is 0.342 e. The second-order valence-electron chi connectivity index (χ2n) is 1.83. The van der Waals surface area contributed by atoms with Crippen LogP contribution in [0.15, 0.2) is 12.1 Å². The highest BCUT2D eigenvalue weighted by Crippen LogP contribution is 2.20. The molecule has 1 heterocycles. The Morgan fingerprint density at radius 1 is 1.73 bits per heavy atom. The first-order valence-corrected chi connectivity index (χ1v) is 4.85. The minimum Gasteiger partial charge on any atom is -0.342 e. The Hall–Kier alpha value is -0.0600. The number of hydrogen-bond donors (Lipinski definition) is 1. The third-order valence-electron chi connectivity index (χ3n) is 1.03. The van der Waals surface area contributed by atoms with E-state index in [0.29, 0.717) is 6.54 Å². The molecule has 0 atom stereocenters. The maximum Gasteiger partial charge on any atom is 0.287 e. The number of carbonyl (C=O) groups is 1. The Kier molecular flexibility index (Phi) is 3.36. The number of halogens is 2. The molecule has 0 unspecified atom stereocenters. The molecular formula is C6H5BrClNOS. The van der Waals surface area contributed by atoms with Crippen LogP contribution in [0.1, 0.15) is 4.88 Å². The summed E-state index contributed by atoms with van der Waals surface area (Å²) >= 11 is 9.89. The minimum atomic E-state index is -0.206. The lowest BCUT2D eigenvalue weighted by atomic mass is 10.5. The summed E-state index contributed by atoms with van der Waals surface area (Å²) in [6.07, 6.45) is 0. The number of carbonyl (C=O) groups excluding carboxylic acids is 1. The van der Waals surface area contributed by atoms with E-state index in [9.17, 15) is 4.79 Å². The number of thiophene rings is 1. The van der Waals surface area contributed by atoms with Crippen LogP contribution in [-0.4, -0.2) is 4.82 Å². The van der Waals surface area contributed by atoms with E-state index in [1.807, 2.05) is 12.1 Å². The van der Waals surface area contributed by atoms with Gasteiger partial charge in [-0.1, -0.05) is 11.6 Å². The molecule has 0 aliphatic rings. The zero-order chi connectivity index (χ0) is 8.27. The van der Waals surface area contributed by atoms with Crippen molar-refractivity contribution in [3.05, 3.63) is 21.3 Å². The SMILES string of the molecule is O=C(Br)NCc1ccc(Cl)s1. The normalized spacial score (nSPS) is 9.64. The molecule has 1 N–H and O–H groups in total. The molecule has 0 bridgehead atoms. The summed E-state index contributed by atoms with van der Waals surface area (Å²) in [5.74, 6) is 0. The Bertz CT molecular complexity index is 263. The van der Waals surface area contributed by atoms with E-state index < -0.39 is 0 Å². The number of hydrogen-bond acceptors (Lipinski definition) is 2. The van der Waals surface area contributed by atoms with Crippen LogP contribution < -0.4 is 5.32 Å². The molecule has 1 amide bonds. The van der Waals surface area contributed by atoms with Gasteiger partial charge in [-0.05, 0) is 12.1 Å². The molecule has 0 fully saturated rings. The summed E-state index contributed by atoms with van der Waals surface area (Å²) in [6, 6.07) is 3.69. The average molecular weight is 255 g/mol. The Morgan fingerprint density at radius 3 is 2.91 bits per heavy atom. The zero-order valence-electron chi connectivity index (χ0n) is 5.43. The van der Waals surface area contributed by atoms with E-state index in [-0.39, 0.29) is 4.82 Å². The molecule has 1 rings (SSSR count). The maximum absolute atomic E-state index is 10.4. The predicted molar refractivity (Wildman–Crippen MR) is 50.5 cm³/mol. The zero-order valence-corrected chi connectivity index (χ0v) is 8.59. The summed E-state index contributed by atoms with van der Waals surface area (Å²) in [5.41, 5.74) is 0. The first kappa shape index (κ1) is 9.03. The fourth-order valence-corrected chi connectivity index (χ4v) is 1.77. The van der Waals surface area contributed by atoms with E-state index in [0.717, 1.165) is 9.21 Å². The monoisotopic (exact) mass is 253 g/mol. The molecule has 0 saturated heterocycles. The molecular weight excluding hydrogens is 249 g/mol. The fraction of sp³-hybridized carbons (Fsp3) is 0.167. The van der Waals surface area contributed by atoms with Crippen molar-refractivity contribution in [2.75, 3.05) is 0 Å². The second-order valence-corrected chi connectivity index (χ2v) is 4.35. The van der Waals surface area contributed by atoms with Crippen LogP contribution in [0, 0.1) is 0 Å². The lowest BCUT2D eigenvalue weighted by molar-refractivity contribution is 0.261. The summed E-state index contributed by atoms with van der Waals surface area (Å²) in [5, 5.41) is 2.60. The highest BCUT2D eigenvalue weighted by Gasteiger charge is 1.98. The van der Waals surface area contributed by atoms with Crippen molar-refractivity contribution in [1.29, 1.82) is 0 Å². The predicted octanol–water partition coefficient (Wildman–Crippen LogP) is 3.01. The minimum absolute atomic E-state index is 0.206. The smallest absolute Gasteiger partial charge is 0.287 e. The van der Waals surface area contributed by atoms with Crippen molar-refractivity contribution in [1.82, 2.24) is 5.32 Å². The van der Waals surface area contributed by atoms with Gasteiger partial charge in [0.2, 0.25) is 0 Å². The van der Waals surface area contributed by atoms with Crippen molar-refractivity contribution in [3.8, 4) is 0 Å². The third-order valence-corrected chi connectivity index (χ3v) is 2.54. The van der Waals surface area contributed by atoms with Gasteiger partial charge >= 0.3 is 0 Å². The molecule has 0 aliphatic carbocycles. The van der Waals surface area contributed by atoms with Crippen LogP contribution >= 0.6 is 38.9 Å². The molecule has 2 nitrogen and oxygen atoms in total. The van der Waals surface area contributed by atoms with Crippen molar-refractivity contribution in [2.45, 2.75) is 6.54 Å². The maximum atomic E-state index is 10.4. The van der Waals surface area contributed by atoms with Crippen LogP contribution in [-0.2, 0) is 6.54 Å². The Labute approximate surface area is 81.7 Å². The van der Waals surface area contributed by atoms with E-state index in [4.69, 9.17) is 11.6 Å². The summed E-state index contributed by atoms with van der Waals surface area (Å²) in [7, 11) is 0. The molecule has 0 saturated carbocycles. The number of amides is 1. The van der Waals surface area contributed by atoms with Crippen molar-refractivity contribution >= 4 is 43.7 Å². The molecule has 0 radical (unpaired) electrons. The lowest BCUT2D eigenvalue weighted by Crippen LogP contribution is -2.13. The van der Waals surface area contributed by atoms with Gasteiger partial charge in [-0.3, -0.25) is 4.79 Å². The van der Waals surface area contributed by atoms with Gasteiger partial charge in [-0.25, -0.2) is 0 Å². The van der Waals surface area contributed by atoms with Gasteiger partial charge in [0.25, 0.3) is 4.82 Å². The van der Waals surface area contributed by atoms with Gasteiger partial charge in [0.1, 0.15) is 0 Å². The van der Waals surface area contributed by atoms with Crippen LogP contribution in [0.2, 0.25) is 4.34 Å². The van der Waals surface area contributed by atoms with Crippen molar-refractivity contribution < 1.29 is 4.79 Å². The summed E-state index contributed by atoms with van der Waals surface area (Å²) < 4.78 is 0.740. The lowest BCUT2D eigenvalue weighted by Gasteiger charge is -1.94. The van der Waals surface area contributed by atoms with Crippen molar-refractivity contribution in [3.63, 3.8) is 0 Å². The highest BCUT2D eigenvalue weighted by atomic mass is 79.9. The van der Waals surface area contributed by atoms with Gasteiger partial charge in [-0.2, -0.15) is 0 Å². The average Bonchev–Trinajstić information content (AvgIpc) is 2.31. The molecule has 11 heavy (non-hydrogen) atoms. The Morgan fingerprint density at radius 2 is 2.45 bits per heavy atom. The van der Waals surface area contributed by atoms with Crippen LogP contribution in [0.5, 0.6) is 0 Å². The standard InChI is InChI=1S/C6H5BrClNOS/c7-6(10)9-3-4-1-2-5(8)11-4/h1-2H,3H2,(H,9,10). The third kappa shape index (κ3) is 3.22. The summed E-state index contributed by atoms with van der Waals surface area (Å²) in [4.78, 5) is 11.2. The quantitative estimate of drug-likeness (QED) is 0.638. The van der Waals surface area contributed by atoms with Crippen LogP contribution in [0.25, 0.3) is 0 Å². The first-order valence-electron chi connectivity index (χ1n) is 2.86. The van der Waals surface area contributed by atoms with Crippen LogP contribution in [0.4, 0.5) is 4.79 Å². The number of nitrogens with one attached hydrogen (secondary N) is 1. The van der Waals surface area contributed by atoms with E-state index in [1.165, 1.54) is 11.3 Å². The topological polar surface area (TPSA) is 29.1 Å². The molecule has 0 aliphatic heterocycles. The highest BCUT2D eigenvalue weighted by molar-refractivity contribution is 9.18. The molecule has 60 valence electrons. The van der Waals surface area contributed by atoms with Gasteiger partial charge in [0.15, 0.2) is 0 Å². The number of rotatable bonds is 2. The molecule has 0 spiro atoms. The van der Waals surface area contributed by atoms with E-state index >= 15 is 0 Å². The Balaban J connectivity index is 2.45. The molecule has 1 aromatic heterocycles. The van der Waals surface area contributed by atoms with E-state index in [2.05, 4.69) is 21.2 Å². The van der Waals surface area contributed by atoms with Gasteiger partial charge in [-0.15, -0.1) is 11.3 Å².